The summed E-state index contributed by atoms with van der Waals surface area (Å²) >= 11 is 7.82. The Bertz CT molecular complexity index is 583. The number of benzene rings is 1. The molecule has 0 amide bonds. The van der Waals surface area contributed by atoms with E-state index < -0.39 is 0 Å². The van der Waals surface area contributed by atoms with Gasteiger partial charge in [0.25, 0.3) is 0 Å². The van der Waals surface area contributed by atoms with Crippen LogP contribution >= 0.6 is 43.2 Å². The van der Waals surface area contributed by atoms with Gasteiger partial charge in [-0.05, 0) is 62.2 Å². The zero-order valence-corrected chi connectivity index (χ0v) is 12.9. The number of carbonyl (C=O) groups is 1. The van der Waals surface area contributed by atoms with E-state index in [1.807, 2.05) is 6.07 Å². The summed E-state index contributed by atoms with van der Waals surface area (Å²) in [7, 11) is 0. The fraction of sp³-hybridized carbons (Fsp3) is 0.0833. The molecule has 0 radical (unpaired) electrons. The van der Waals surface area contributed by atoms with Gasteiger partial charge in [0.2, 0.25) is 5.78 Å². The zero-order valence-electron chi connectivity index (χ0n) is 8.95. The average molecular weight is 394 g/mol. The van der Waals surface area contributed by atoms with E-state index in [4.69, 9.17) is 4.74 Å². The average Bonchev–Trinajstić information content (AvgIpc) is 2.74. The highest BCUT2D eigenvalue weighted by Crippen LogP contribution is 2.26. The van der Waals surface area contributed by atoms with Gasteiger partial charge in [-0.3, -0.25) is 4.79 Å². The molecule has 2 rings (SSSR count). The van der Waals surface area contributed by atoms with Crippen LogP contribution in [-0.4, -0.2) is 12.4 Å². The van der Waals surface area contributed by atoms with Crippen molar-refractivity contribution >= 4 is 49.0 Å². The van der Waals surface area contributed by atoms with Crippen molar-refractivity contribution in [1.82, 2.24) is 0 Å². The van der Waals surface area contributed by atoms with Crippen molar-refractivity contribution in [3.63, 3.8) is 0 Å². The minimum absolute atomic E-state index is 0.0722. The Morgan fingerprint density at radius 2 is 2.06 bits per heavy atom. The lowest BCUT2D eigenvalue weighted by Crippen LogP contribution is -2.10. The third kappa shape index (κ3) is 3.40. The highest BCUT2D eigenvalue weighted by atomic mass is 79.9. The van der Waals surface area contributed by atoms with Gasteiger partial charge in [0.05, 0.1) is 13.1 Å². The quantitative estimate of drug-likeness (QED) is 0.705. The number of rotatable bonds is 4. The van der Waals surface area contributed by atoms with Crippen molar-refractivity contribution in [2.75, 3.05) is 6.61 Å². The number of Topliss-reactive ketones (excluding diaryl/α,β-unsaturated/α-hetero) is 1. The molecule has 0 saturated carbocycles. The van der Waals surface area contributed by atoms with Crippen LogP contribution in [0.15, 0.2) is 38.6 Å². The van der Waals surface area contributed by atoms with Gasteiger partial charge in [-0.2, -0.15) is 0 Å². The Morgan fingerprint density at radius 3 is 2.67 bits per heavy atom. The second-order valence-electron chi connectivity index (χ2n) is 3.39. The molecule has 0 bridgehead atoms. The number of carbonyl (C=O) groups excluding carboxylic acids is 1. The van der Waals surface area contributed by atoms with E-state index in [1.165, 1.54) is 29.5 Å². The van der Waals surface area contributed by atoms with Gasteiger partial charge in [-0.15, -0.1) is 11.3 Å². The van der Waals surface area contributed by atoms with E-state index in [2.05, 4.69) is 31.9 Å². The summed E-state index contributed by atoms with van der Waals surface area (Å²) in [4.78, 5) is 12.4. The molecular formula is C12H7Br2FO2S. The van der Waals surface area contributed by atoms with Gasteiger partial charge >= 0.3 is 0 Å². The molecule has 1 heterocycles. The summed E-state index contributed by atoms with van der Waals surface area (Å²) in [6.45, 7) is -0.0722. The molecule has 0 aliphatic carbocycles. The number of hydrogen-bond acceptors (Lipinski definition) is 3. The largest absolute Gasteiger partial charge is 0.484 e. The van der Waals surface area contributed by atoms with E-state index in [0.717, 1.165) is 3.79 Å². The maximum atomic E-state index is 12.9. The van der Waals surface area contributed by atoms with Gasteiger partial charge in [-0.1, -0.05) is 0 Å². The molecule has 1 aromatic carbocycles. The fourth-order valence-corrected chi connectivity index (χ4v) is 3.05. The molecule has 2 nitrogen and oxygen atoms in total. The molecule has 0 N–H and O–H groups in total. The fourth-order valence-electron chi connectivity index (χ4n) is 1.27. The van der Waals surface area contributed by atoms with Crippen LogP contribution in [0.25, 0.3) is 0 Å². The third-order valence-electron chi connectivity index (χ3n) is 2.10. The summed E-state index contributed by atoms with van der Waals surface area (Å²) in [5, 5.41) is 0. The van der Waals surface area contributed by atoms with Gasteiger partial charge in [0.15, 0.2) is 6.61 Å². The van der Waals surface area contributed by atoms with Crippen LogP contribution in [0.4, 0.5) is 4.39 Å². The number of ether oxygens (including phenoxy) is 1. The first-order valence-corrected chi connectivity index (χ1v) is 7.33. The van der Waals surface area contributed by atoms with Gasteiger partial charge in [-0.25, -0.2) is 4.39 Å². The topological polar surface area (TPSA) is 26.3 Å². The van der Waals surface area contributed by atoms with E-state index >= 15 is 0 Å². The molecule has 18 heavy (non-hydrogen) atoms. The van der Waals surface area contributed by atoms with Crippen molar-refractivity contribution in [1.29, 1.82) is 0 Å². The van der Waals surface area contributed by atoms with Crippen molar-refractivity contribution in [2.45, 2.75) is 0 Å². The third-order valence-corrected chi connectivity index (χ3v) is 4.39. The molecule has 6 heteroatoms. The number of halogens is 3. The maximum Gasteiger partial charge on any atom is 0.210 e. The molecule has 0 atom stereocenters. The molecule has 0 unspecified atom stereocenters. The van der Waals surface area contributed by atoms with Crippen molar-refractivity contribution < 1.29 is 13.9 Å². The summed E-state index contributed by atoms with van der Waals surface area (Å²) in [5.41, 5.74) is 0. The molecular weight excluding hydrogens is 387 g/mol. The molecule has 0 aliphatic heterocycles. The van der Waals surface area contributed by atoms with Gasteiger partial charge in [0.1, 0.15) is 11.6 Å². The highest BCUT2D eigenvalue weighted by molar-refractivity contribution is 9.11. The molecule has 0 saturated heterocycles. The van der Waals surface area contributed by atoms with Crippen molar-refractivity contribution in [2.24, 2.45) is 0 Å². The van der Waals surface area contributed by atoms with Gasteiger partial charge < -0.3 is 4.74 Å². The second-order valence-corrected chi connectivity index (χ2v) is 6.71. The predicted molar refractivity (Wildman–Crippen MR) is 75.9 cm³/mol. The Labute approximate surface area is 124 Å². The Morgan fingerprint density at radius 1 is 1.28 bits per heavy atom. The van der Waals surface area contributed by atoms with Crippen LogP contribution in [0.2, 0.25) is 0 Å². The highest BCUT2D eigenvalue weighted by Gasteiger charge is 2.11. The second kappa shape index (κ2) is 5.95. The molecule has 0 spiro atoms. The molecule has 2 aromatic rings. The summed E-state index contributed by atoms with van der Waals surface area (Å²) in [6, 6.07) is 7.61. The lowest BCUT2D eigenvalue weighted by atomic mass is 10.3. The maximum absolute atomic E-state index is 12.9. The first-order valence-electron chi connectivity index (χ1n) is 4.92. The first kappa shape index (κ1) is 13.7. The summed E-state index contributed by atoms with van der Waals surface area (Å²) < 4.78 is 19.6. The van der Waals surface area contributed by atoms with Crippen LogP contribution in [0, 0.1) is 5.82 Å². The zero-order chi connectivity index (χ0) is 13.1. The van der Waals surface area contributed by atoms with Crippen LogP contribution < -0.4 is 4.74 Å². The molecule has 1 aromatic heterocycles. The first-order chi connectivity index (χ1) is 8.56. The molecule has 0 fully saturated rings. The SMILES string of the molecule is O=C(COc1ccc(F)cc1Br)c1ccc(Br)s1. The van der Waals surface area contributed by atoms with E-state index in [1.54, 1.807) is 6.07 Å². The van der Waals surface area contributed by atoms with Gasteiger partial charge in [0, 0.05) is 0 Å². The normalized spacial score (nSPS) is 10.4. The Hall–Kier alpha value is -0.720. The minimum atomic E-state index is -0.359. The van der Waals surface area contributed by atoms with Crippen LogP contribution in [0.5, 0.6) is 5.75 Å². The summed E-state index contributed by atoms with van der Waals surface area (Å²) in [5.74, 6) is -0.0231. The Kier molecular flexibility index (Phi) is 4.53. The lowest BCUT2D eigenvalue weighted by molar-refractivity contribution is 0.0925. The number of ketones is 1. The molecule has 94 valence electrons. The van der Waals surface area contributed by atoms with E-state index in [0.29, 0.717) is 15.1 Å². The number of hydrogen-bond donors (Lipinski definition) is 0. The lowest BCUT2D eigenvalue weighted by Gasteiger charge is -2.06. The molecule has 0 aliphatic rings. The number of thiophene rings is 1. The van der Waals surface area contributed by atoms with Crippen molar-refractivity contribution in [3.8, 4) is 5.75 Å². The van der Waals surface area contributed by atoms with E-state index in [-0.39, 0.29) is 18.2 Å². The Balaban J connectivity index is 2.01. The summed E-state index contributed by atoms with van der Waals surface area (Å²) in [6.07, 6.45) is 0. The predicted octanol–water partition coefficient (Wildman–Crippen LogP) is 4.67. The minimum Gasteiger partial charge on any atom is -0.484 e. The van der Waals surface area contributed by atoms with E-state index in [9.17, 15) is 9.18 Å². The van der Waals surface area contributed by atoms with Crippen LogP contribution in [-0.2, 0) is 0 Å². The van der Waals surface area contributed by atoms with Crippen LogP contribution in [0.3, 0.4) is 0 Å². The monoisotopic (exact) mass is 392 g/mol. The standard InChI is InChI=1S/C12H7Br2FO2S/c13-8-5-7(15)1-2-10(8)17-6-9(16)11-3-4-12(14)18-11/h1-5H,6H2. The van der Waals surface area contributed by atoms with Crippen molar-refractivity contribution in [3.05, 3.63) is 49.3 Å². The van der Waals surface area contributed by atoms with Crippen LogP contribution in [0.1, 0.15) is 9.67 Å². The smallest absolute Gasteiger partial charge is 0.210 e.